The number of amides is 1. The average Bonchev–Trinajstić information content (AvgIpc) is 3.20. The molecule has 2 unspecified atom stereocenters. The quantitative estimate of drug-likeness (QED) is 0.689. The van der Waals surface area contributed by atoms with Crippen molar-refractivity contribution >= 4 is 5.91 Å². The fraction of sp³-hybridized carbons (Fsp3) is 0.706. The maximum absolute atomic E-state index is 12.0. The average molecular weight is 261 g/mol. The van der Waals surface area contributed by atoms with E-state index in [0.29, 0.717) is 17.7 Å². The minimum atomic E-state index is 0.340. The first-order chi connectivity index (χ1) is 9.11. The summed E-state index contributed by atoms with van der Waals surface area (Å²) in [5, 5.41) is 0. The minimum Gasteiger partial charge on any atom is -0.339 e. The fourth-order valence-electron chi connectivity index (χ4n) is 2.91. The molecule has 0 radical (unpaired) electrons. The number of allylic oxidation sites excluding steroid dienone is 3. The van der Waals surface area contributed by atoms with Crippen molar-refractivity contribution in [1.29, 1.82) is 0 Å². The molecule has 1 amide bonds. The lowest BCUT2D eigenvalue weighted by Gasteiger charge is -2.25. The van der Waals surface area contributed by atoms with Gasteiger partial charge in [0.25, 0.3) is 0 Å². The van der Waals surface area contributed by atoms with E-state index in [-0.39, 0.29) is 0 Å². The number of nitrogens with zero attached hydrogens (tertiary/aromatic N) is 1. The lowest BCUT2D eigenvalue weighted by atomic mass is 9.81. The van der Waals surface area contributed by atoms with Crippen LogP contribution in [0.2, 0.25) is 0 Å². The molecule has 0 bridgehead atoms. The van der Waals surface area contributed by atoms with E-state index in [4.69, 9.17) is 0 Å². The molecule has 1 fully saturated rings. The van der Waals surface area contributed by atoms with Crippen molar-refractivity contribution < 1.29 is 4.79 Å². The Morgan fingerprint density at radius 2 is 2.21 bits per heavy atom. The predicted molar refractivity (Wildman–Crippen MR) is 79.8 cm³/mol. The highest BCUT2D eigenvalue weighted by Crippen LogP contribution is 2.31. The van der Waals surface area contributed by atoms with Crippen molar-refractivity contribution in [3.63, 3.8) is 0 Å². The number of carbonyl (C=O) groups is 1. The largest absolute Gasteiger partial charge is 0.339 e. The standard InChI is InChI=1S/C17H27NO/c1-4-18(17(19)16-9-10-16)11-5-6-15-8-7-13(2)12-14(15)3/h5-7,14-16H,4,8-12H2,1-3H3/b6-5-. The van der Waals surface area contributed by atoms with E-state index in [2.05, 4.69) is 39.0 Å². The van der Waals surface area contributed by atoms with Gasteiger partial charge in [0.1, 0.15) is 0 Å². The monoisotopic (exact) mass is 261 g/mol. The van der Waals surface area contributed by atoms with Crippen molar-refractivity contribution in [3.8, 4) is 0 Å². The van der Waals surface area contributed by atoms with Gasteiger partial charge in [0.05, 0.1) is 0 Å². The van der Waals surface area contributed by atoms with Crippen LogP contribution < -0.4 is 0 Å². The van der Waals surface area contributed by atoms with Crippen molar-refractivity contribution in [2.45, 2.75) is 46.5 Å². The lowest BCUT2D eigenvalue weighted by Crippen LogP contribution is -2.32. The van der Waals surface area contributed by atoms with E-state index < -0.39 is 0 Å². The van der Waals surface area contributed by atoms with Crippen LogP contribution in [-0.2, 0) is 4.79 Å². The van der Waals surface area contributed by atoms with Gasteiger partial charge in [0.15, 0.2) is 0 Å². The Morgan fingerprint density at radius 3 is 2.79 bits per heavy atom. The second-order valence-electron chi connectivity index (χ2n) is 6.21. The summed E-state index contributed by atoms with van der Waals surface area (Å²) >= 11 is 0. The number of carbonyl (C=O) groups excluding carboxylic acids is 1. The zero-order valence-electron chi connectivity index (χ0n) is 12.6. The van der Waals surface area contributed by atoms with Crippen molar-refractivity contribution in [2.24, 2.45) is 17.8 Å². The number of likely N-dealkylation sites (N-methyl/N-ethyl adjacent to an activating group) is 1. The Morgan fingerprint density at radius 1 is 1.47 bits per heavy atom. The van der Waals surface area contributed by atoms with Gasteiger partial charge in [0, 0.05) is 19.0 Å². The summed E-state index contributed by atoms with van der Waals surface area (Å²) in [7, 11) is 0. The highest BCUT2D eigenvalue weighted by atomic mass is 16.2. The molecule has 19 heavy (non-hydrogen) atoms. The molecule has 0 aromatic heterocycles. The second kappa shape index (κ2) is 6.40. The molecule has 0 aromatic rings. The van der Waals surface area contributed by atoms with E-state index in [1.54, 1.807) is 0 Å². The van der Waals surface area contributed by atoms with E-state index in [9.17, 15) is 4.79 Å². The van der Waals surface area contributed by atoms with Gasteiger partial charge < -0.3 is 4.90 Å². The van der Waals surface area contributed by atoms with E-state index in [1.807, 2.05) is 4.90 Å². The maximum atomic E-state index is 12.0. The smallest absolute Gasteiger partial charge is 0.225 e. The summed E-state index contributed by atoms with van der Waals surface area (Å²) in [6.07, 6.45) is 11.5. The summed E-state index contributed by atoms with van der Waals surface area (Å²) in [5.41, 5.74) is 1.52. The number of hydrogen-bond acceptors (Lipinski definition) is 1. The third-order valence-electron chi connectivity index (χ3n) is 4.44. The van der Waals surface area contributed by atoms with E-state index in [1.165, 1.54) is 12.0 Å². The van der Waals surface area contributed by atoms with Crippen LogP contribution in [0.15, 0.2) is 23.8 Å². The highest BCUT2D eigenvalue weighted by Gasteiger charge is 2.32. The van der Waals surface area contributed by atoms with Gasteiger partial charge >= 0.3 is 0 Å². The molecule has 0 N–H and O–H groups in total. The first-order valence-corrected chi connectivity index (χ1v) is 7.73. The van der Waals surface area contributed by atoms with Gasteiger partial charge in [-0.25, -0.2) is 0 Å². The van der Waals surface area contributed by atoms with E-state index >= 15 is 0 Å². The third kappa shape index (κ3) is 3.95. The second-order valence-corrected chi connectivity index (χ2v) is 6.21. The lowest BCUT2D eigenvalue weighted by molar-refractivity contribution is -0.131. The molecule has 2 aliphatic rings. The van der Waals surface area contributed by atoms with Gasteiger partial charge in [-0.2, -0.15) is 0 Å². The SMILES string of the molecule is CCN(C/C=C\C1CC=C(C)CC1C)C(=O)C1CC1. The van der Waals surface area contributed by atoms with Crippen molar-refractivity contribution in [2.75, 3.05) is 13.1 Å². The molecule has 106 valence electrons. The predicted octanol–water partition coefficient (Wildman–Crippen LogP) is 3.79. The van der Waals surface area contributed by atoms with Crippen LogP contribution >= 0.6 is 0 Å². The molecule has 2 heteroatoms. The van der Waals surface area contributed by atoms with Crippen LogP contribution in [0.1, 0.15) is 46.5 Å². The molecule has 0 aromatic carbocycles. The maximum Gasteiger partial charge on any atom is 0.225 e. The molecule has 0 spiro atoms. The van der Waals surface area contributed by atoms with Crippen LogP contribution in [0, 0.1) is 17.8 Å². The zero-order valence-corrected chi connectivity index (χ0v) is 12.6. The molecular weight excluding hydrogens is 234 g/mol. The van der Waals surface area contributed by atoms with Gasteiger partial charge in [-0.1, -0.05) is 30.7 Å². The Balaban J connectivity index is 1.83. The van der Waals surface area contributed by atoms with Crippen LogP contribution in [0.25, 0.3) is 0 Å². The molecule has 2 atom stereocenters. The molecular formula is C17H27NO. The summed E-state index contributed by atoms with van der Waals surface area (Å²) < 4.78 is 0. The van der Waals surface area contributed by atoms with Crippen molar-refractivity contribution in [1.82, 2.24) is 4.90 Å². The van der Waals surface area contributed by atoms with Crippen molar-refractivity contribution in [3.05, 3.63) is 23.8 Å². The van der Waals surface area contributed by atoms with Crippen LogP contribution in [0.4, 0.5) is 0 Å². The topological polar surface area (TPSA) is 20.3 Å². The van der Waals surface area contributed by atoms with Crippen LogP contribution in [-0.4, -0.2) is 23.9 Å². The summed E-state index contributed by atoms with van der Waals surface area (Å²) in [4.78, 5) is 14.0. The van der Waals surface area contributed by atoms with Gasteiger partial charge in [-0.15, -0.1) is 0 Å². The van der Waals surface area contributed by atoms with Gasteiger partial charge in [-0.05, 0) is 51.4 Å². The van der Waals surface area contributed by atoms with Crippen LogP contribution in [0.3, 0.4) is 0 Å². The van der Waals surface area contributed by atoms with Gasteiger partial charge in [0.2, 0.25) is 5.91 Å². The molecule has 0 saturated heterocycles. The Labute approximate surface area is 117 Å². The minimum absolute atomic E-state index is 0.340. The fourth-order valence-corrected chi connectivity index (χ4v) is 2.91. The van der Waals surface area contributed by atoms with E-state index in [0.717, 1.165) is 38.3 Å². The summed E-state index contributed by atoms with van der Waals surface area (Å²) in [5.74, 6) is 2.08. The Bertz CT molecular complexity index is 379. The summed E-state index contributed by atoms with van der Waals surface area (Å²) in [6, 6.07) is 0. The number of rotatable bonds is 5. The molecule has 2 aliphatic carbocycles. The molecule has 2 nitrogen and oxygen atoms in total. The highest BCUT2D eigenvalue weighted by molar-refractivity contribution is 5.81. The Kier molecular flexibility index (Phi) is 4.84. The third-order valence-corrected chi connectivity index (χ3v) is 4.44. The molecule has 2 rings (SSSR count). The molecule has 1 saturated carbocycles. The van der Waals surface area contributed by atoms with Crippen LogP contribution in [0.5, 0.6) is 0 Å². The summed E-state index contributed by atoms with van der Waals surface area (Å²) in [6.45, 7) is 8.25. The molecule has 0 heterocycles. The zero-order chi connectivity index (χ0) is 13.8. The van der Waals surface area contributed by atoms with Gasteiger partial charge in [-0.3, -0.25) is 4.79 Å². The normalized spacial score (nSPS) is 27.4. The Hall–Kier alpha value is -1.05. The number of hydrogen-bond donors (Lipinski definition) is 0. The first kappa shape index (κ1) is 14.4. The molecule has 0 aliphatic heterocycles. The first-order valence-electron chi connectivity index (χ1n) is 7.73.